The van der Waals surface area contributed by atoms with Gasteiger partial charge in [-0.3, -0.25) is 4.99 Å². The van der Waals surface area contributed by atoms with Crippen LogP contribution in [0.15, 0.2) is 59.9 Å². The third-order valence-corrected chi connectivity index (χ3v) is 3.98. The van der Waals surface area contributed by atoms with E-state index in [1.807, 2.05) is 35.0 Å². The molecule has 2 N–H and O–H groups in total. The van der Waals surface area contributed by atoms with Crippen molar-refractivity contribution in [3.05, 3.63) is 71.7 Å². The van der Waals surface area contributed by atoms with E-state index in [0.29, 0.717) is 6.54 Å². The Labute approximate surface area is 142 Å². The molecule has 5 nitrogen and oxygen atoms in total. The molecule has 0 amide bonds. The zero-order chi connectivity index (χ0) is 16.9. The number of nitrogens with one attached hydrogen (secondary N) is 2. The van der Waals surface area contributed by atoms with Crippen molar-refractivity contribution in [1.29, 1.82) is 0 Å². The molecule has 0 saturated carbocycles. The smallest absolute Gasteiger partial charge is 0.191 e. The van der Waals surface area contributed by atoms with Gasteiger partial charge in [0.25, 0.3) is 0 Å². The van der Waals surface area contributed by atoms with Crippen LogP contribution in [0.1, 0.15) is 29.8 Å². The zero-order valence-electron chi connectivity index (χ0n) is 14.3. The number of fused-ring (bicyclic) bond motifs is 1. The van der Waals surface area contributed by atoms with Crippen LogP contribution in [0.5, 0.6) is 0 Å². The van der Waals surface area contributed by atoms with E-state index in [2.05, 4.69) is 58.7 Å². The Morgan fingerprint density at radius 1 is 1.25 bits per heavy atom. The van der Waals surface area contributed by atoms with E-state index in [-0.39, 0.29) is 6.04 Å². The van der Waals surface area contributed by atoms with Crippen LogP contribution in [0, 0.1) is 6.92 Å². The topological polar surface area (TPSA) is 53.7 Å². The summed E-state index contributed by atoms with van der Waals surface area (Å²) in [5, 5.41) is 6.73. The van der Waals surface area contributed by atoms with Crippen LogP contribution >= 0.6 is 0 Å². The summed E-state index contributed by atoms with van der Waals surface area (Å²) >= 11 is 0. The molecule has 3 aromatic rings. The number of aromatic nitrogens is 2. The van der Waals surface area contributed by atoms with Crippen LogP contribution in [-0.4, -0.2) is 22.4 Å². The average Bonchev–Trinajstić information content (AvgIpc) is 3.01. The molecule has 0 fully saturated rings. The van der Waals surface area contributed by atoms with Gasteiger partial charge in [0.1, 0.15) is 5.65 Å². The third kappa shape index (κ3) is 3.74. The van der Waals surface area contributed by atoms with Gasteiger partial charge in [0.15, 0.2) is 5.96 Å². The maximum absolute atomic E-state index is 4.63. The lowest BCUT2D eigenvalue weighted by Crippen LogP contribution is -2.38. The van der Waals surface area contributed by atoms with Crippen molar-refractivity contribution in [2.24, 2.45) is 4.99 Å². The van der Waals surface area contributed by atoms with Crippen molar-refractivity contribution < 1.29 is 0 Å². The predicted molar refractivity (Wildman–Crippen MR) is 98.1 cm³/mol. The fraction of sp³-hybridized carbons (Fsp3) is 0.263. The molecule has 1 atom stereocenters. The molecule has 3 rings (SSSR count). The Morgan fingerprint density at radius 2 is 2.04 bits per heavy atom. The summed E-state index contributed by atoms with van der Waals surface area (Å²) < 4.78 is 2.03. The lowest BCUT2D eigenvalue weighted by Gasteiger charge is -2.17. The normalized spacial score (nSPS) is 13.0. The third-order valence-electron chi connectivity index (χ3n) is 3.98. The number of imidazole rings is 1. The molecule has 2 aromatic heterocycles. The van der Waals surface area contributed by atoms with Crippen molar-refractivity contribution in [2.75, 3.05) is 7.05 Å². The average molecular weight is 321 g/mol. The van der Waals surface area contributed by atoms with E-state index in [4.69, 9.17) is 0 Å². The SMILES string of the molecule is CN=C(NCc1cn2ccc(C)cc2n1)NC(C)c1ccccc1. The molecule has 0 saturated heterocycles. The lowest BCUT2D eigenvalue weighted by molar-refractivity contribution is 0.683. The molecule has 2 heterocycles. The minimum Gasteiger partial charge on any atom is -0.351 e. The van der Waals surface area contributed by atoms with Crippen molar-refractivity contribution in [2.45, 2.75) is 26.4 Å². The van der Waals surface area contributed by atoms with E-state index < -0.39 is 0 Å². The minimum atomic E-state index is 0.182. The molecule has 0 radical (unpaired) electrons. The predicted octanol–water partition coefficient (Wildman–Crippen LogP) is 3.07. The second-order valence-corrected chi connectivity index (χ2v) is 5.90. The van der Waals surface area contributed by atoms with Crippen LogP contribution in [0.2, 0.25) is 0 Å². The van der Waals surface area contributed by atoms with Crippen LogP contribution in [0.25, 0.3) is 5.65 Å². The van der Waals surface area contributed by atoms with Crippen LogP contribution in [-0.2, 0) is 6.54 Å². The maximum Gasteiger partial charge on any atom is 0.191 e. The van der Waals surface area contributed by atoms with Gasteiger partial charge in [0.05, 0.1) is 18.3 Å². The molecular weight excluding hydrogens is 298 g/mol. The molecule has 124 valence electrons. The Morgan fingerprint density at radius 3 is 2.79 bits per heavy atom. The summed E-state index contributed by atoms with van der Waals surface area (Å²) in [4.78, 5) is 8.93. The summed E-state index contributed by atoms with van der Waals surface area (Å²) in [6.45, 7) is 4.82. The molecule has 24 heavy (non-hydrogen) atoms. The van der Waals surface area contributed by atoms with Gasteiger partial charge in [0, 0.05) is 19.4 Å². The fourth-order valence-corrected chi connectivity index (χ4v) is 2.62. The summed E-state index contributed by atoms with van der Waals surface area (Å²) in [5.41, 5.74) is 4.38. The zero-order valence-corrected chi connectivity index (χ0v) is 14.3. The number of pyridine rings is 1. The summed E-state index contributed by atoms with van der Waals surface area (Å²) in [6.07, 6.45) is 4.07. The molecule has 1 aromatic carbocycles. The number of aliphatic imine (C=N–C) groups is 1. The number of hydrogen-bond donors (Lipinski definition) is 2. The number of guanidine groups is 1. The van der Waals surface area contributed by atoms with E-state index in [1.165, 1.54) is 11.1 Å². The minimum absolute atomic E-state index is 0.182. The van der Waals surface area contributed by atoms with Crippen molar-refractivity contribution in [3.63, 3.8) is 0 Å². The van der Waals surface area contributed by atoms with Gasteiger partial charge in [-0.05, 0) is 37.1 Å². The number of aryl methyl sites for hydroxylation is 1. The molecule has 1 unspecified atom stereocenters. The quantitative estimate of drug-likeness (QED) is 0.573. The summed E-state index contributed by atoms with van der Waals surface area (Å²) in [5.74, 6) is 0.764. The number of rotatable bonds is 4. The molecule has 0 bridgehead atoms. The van der Waals surface area contributed by atoms with Crippen molar-refractivity contribution >= 4 is 11.6 Å². The van der Waals surface area contributed by atoms with Gasteiger partial charge < -0.3 is 15.0 Å². The van der Waals surface area contributed by atoms with Gasteiger partial charge in [-0.1, -0.05) is 30.3 Å². The molecule has 0 aliphatic rings. The van der Waals surface area contributed by atoms with Gasteiger partial charge >= 0.3 is 0 Å². The van der Waals surface area contributed by atoms with Crippen molar-refractivity contribution in [1.82, 2.24) is 20.0 Å². The van der Waals surface area contributed by atoms with E-state index in [1.54, 1.807) is 7.05 Å². The summed E-state index contributed by atoms with van der Waals surface area (Å²) in [7, 11) is 1.78. The maximum atomic E-state index is 4.63. The molecular formula is C19H23N5. The first-order valence-corrected chi connectivity index (χ1v) is 8.12. The standard InChI is InChI=1S/C19H23N5/c1-14-9-10-24-13-17(23-18(24)11-14)12-21-19(20-3)22-15(2)16-7-5-4-6-8-16/h4-11,13,15H,12H2,1-3H3,(H2,20,21,22). The van der Waals surface area contributed by atoms with Crippen LogP contribution < -0.4 is 10.6 Å². The lowest BCUT2D eigenvalue weighted by atomic mass is 10.1. The Hall–Kier alpha value is -2.82. The Kier molecular flexibility index (Phi) is 4.79. The van der Waals surface area contributed by atoms with Crippen LogP contribution in [0.4, 0.5) is 0 Å². The Bertz CT molecular complexity index is 835. The highest BCUT2D eigenvalue weighted by Gasteiger charge is 2.08. The van der Waals surface area contributed by atoms with E-state index in [0.717, 1.165) is 17.3 Å². The molecule has 5 heteroatoms. The van der Waals surface area contributed by atoms with E-state index >= 15 is 0 Å². The van der Waals surface area contributed by atoms with Gasteiger partial charge in [-0.25, -0.2) is 4.98 Å². The van der Waals surface area contributed by atoms with Crippen molar-refractivity contribution in [3.8, 4) is 0 Å². The number of benzene rings is 1. The van der Waals surface area contributed by atoms with E-state index in [9.17, 15) is 0 Å². The first kappa shape index (κ1) is 16.1. The molecule has 0 aliphatic heterocycles. The number of hydrogen-bond acceptors (Lipinski definition) is 2. The van der Waals surface area contributed by atoms with Gasteiger partial charge in [0.2, 0.25) is 0 Å². The highest BCUT2D eigenvalue weighted by Crippen LogP contribution is 2.11. The monoisotopic (exact) mass is 321 g/mol. The second-order valence-electron chi connectivity index (χ2n) is 5.90. The first-order valence-electron chi connectivity index (χ1n) is 8.12. The fourth-order valence-electron chi connectivity index (χ4n) is 2.62. The molecule has 0 spiro atoms. The van der Waals surface area contributed by atoms with Gasteiger partial charge in [-0.15, -0.1) is 0 Å². The highest BCUT2D eigenvalue weighted by molar-refractivity contribution is 5.80. The Balaban J connectivity index is 1.63. The van der Waals surface area contributed by atoms with Crippen LogP contribution in [0.3, 0.4) is 0 Å². The molecule has 0 aliphatic carbocycles. The highest BCUT2D eigenvalue weighted by atomic mass is 15.2. The second kappa shape index (κ2) is 7.17. The summed E-state index contributed by atoms with van der Waals surface area (Å²) in [6, 6.07) is 14.7. The first-order chi connectivity index (χ1) is 11.7. The number of nitrogens with zero attached hydrogens (tertiary/aromatic N) is 3. The van der Waals surface area contributed by atoms with Gasteiger partial charge in [-0.2, -0.15) is 0 Å². The largest absolute Gasteiger partial charge is 0.351 e.